The van der Waals surface area contributed by atoms with Crippen LogP contribution in [0.3, 0.4) is 0 Å². The lowest BCUT2D eigenvalue weighted by Crippen LogP contribution is -2.43. The Balaban J connectivity index is 1.49. The lowest BCUT2D eigenvalue weighted by molar-refractivity contribution is -0.0414. The monoisotopic (exact) mass is 247 g/mol. The van der Waals surface area contributed by atoms with E-state index >= 15 is 0 Å². The van der Waals surface area contributed by atoms with Gasteiger partial charge in [-0.2, -0.15) is 0 Å². The first kappa shape index (κ1) is 12.2. The van der Waals surface area contributed by atoms with Crippen molar-refractivity contribution in [1.82, 2.24) is 4.90 Å². The number of benzene rings is 1. The fraction of sp³-hybridized carbons (Fsp3) is 0.600. The fourth-order valence-corrected chi connectivity index (χ4v) is 3.03. The van der Waals surface area contributed by atoms with Crippen molar-refractivity contribution < 1.29 is 9.84 Å². The summed E-state index contributed by atoms with van der Waals surface area (Å²) in [7, 11) is 0. The first-order valence-electron chi connectivity index (χ1n) is 6.92. The van der Waals surface area contributed by atoms with Crippen LogP contribution in [-0.4, -0.2) is 41.8 Å². The number of fused-ring (bicyclic) bond motifs is 2. The molecule has 0 spiro atoms. The van der Waals surface area contributed by atoms with Crippen LogP contribution in [0.2, 0.25) is 0 Å². The molecule has 0 amide bonds. The maximum Gasteiger partial charge on any atom is 0.0802 e. The number of likely N-dealkylation sites (tertiary alicyclic amines) is 1. The normalized spacial score (nSPS) is 29.4. The minimum Gasteiger partial charge on any atom is -0.388 e. The summed E-state index contributed by atoms with van der Waals surface area (Å²) in [6.45, 7) is 3.04. The molecule has 0 saturated carbocycles. The van der Waals surface area contributed by atoms with Gasteiger partial charge < -0.3 is 9.84 Å². The fourth-order valence-electron chi connectivity index (χ4n) is 3.03. The molecule has 2 bridgehead atoms. The second-order valence-corrected chi connectivity index (χ2v) is 5.43. The average molecular weight is 247 g/mol. The van der Waals surface area contributed by atoms with Crippen molar-refractivity contribution in [1.29, 1.82) is 0 Å². The van der Waals surface area contributed by atoms with Crippen LogP contribution in [0.4, 0.5) is 0 Å². The van der Waals surface area contributed by atoms with Crippen LogP contribution in [0, 0.1) is 0 Å². The number of ether oxygens (including phenoxy) is 1. The van der Waals surface area contributed by atoms with Gasteiger partial charge in [0.1, 0.15) is 0 Å². The van der Waals surface area contributed by atoms with Crippen LogP contribution in [0.5, 0.6) is 0 Å². The molecule has 2 heterocycles. The molecule has 98 valence electrons. The smallest absolute Gasteiger partial charge is 0.0802 e. The maximum absolute atomic E-state index is 10.1. The van der Waals surface area contributed by atoms with E-state index in [0.717, 1.165) is 31.6 Å². The van der Waals surface area contributed by atoms with Gasteiger partial charge in [-0.05, 0) is 24.8 Å². The molecule has 3 atom stereocenters. The van der Waals surface area contributed by atoms with Crippen molar-refractivity contribution in [3.63, 3.8) is 0 Å². The Morgan fingerprint density at radius 3 is 2.50 bits per heavy atom. The number of morpholine rings is 1. The first-order valence-corrected chi connectivity index (χ1v) is 6.92. The molecule has 2 unspecified atom stereocenters. The zero-order valence-corrected chi connectivity index (χ0v) is 10.7. The molecule has 0 aromatic heterocycles. The Hall–Kier alpha value is -0.900. The van der Waals surface area contributed by atoms with Crippen molar-refractivity contribution in [2.45, 2.75) is 37.6 Å². The second kappa shape index (κ2) is 5.39. The molecule has 2 aliphatic heterocycles. The highest BCUT2D eigenvalue weighted by molar-refractivity contribution is 5.17. The standard InChI is InChI=1S/C15H21NO2/c17-15(12-4-2-1-3-5-12)8-9-16-10-13-6-7-14(11-16)18-13/h1-5,13-15,17H,6-11H2/t13?,14?,15-/m1/s1. The van der Waals surface area contributed by atoms with Crippen molar-refractivity contribution in [2.24, 2.45) is 0 Å². The summed E-state index contributed by atoms with van der Waals surface area (Å²) in [5.41, 5.74) is 1.02. The minimum absolute atomic E-state index is 0.341. The summed E-state index contributed by atoms with van der Waals surface area (Å²) < 4.78 is 5.81. The van der Waals surface area contributed by atoms with Gasteiger partial charge in [0.2, 0.25) is 0 Å². The van der Waals surface area contributed by atoms with Crippen molar-refractivity contribution in [2.75, 3.05) is 19.6 Å². The van der Waals surface area contributed by atoms with Gasteiger partial charge in [0.15, 0.2) is 0 Å². The van der Waals surface area contributed by atoms with Gasteiger partial charge in [-0.3, -0.25) is 4.90 Å². The predicted molar refractivity (Wildman–Crippen MR) is 70.4 cm³/mol. The van der Waals surface area contributed by atoms with Crippen LogP contribution >= 0.6 is 0 Å². The Morgan fingerprint density at radius 2 is 1.83 bits per heavy atom. The molecule has 2 aliphatic rings. The summed E-state index contributed by atoms with van der Waals surface area (Å²) in [4.78, 5) is 2.44. The highest BCUT2D eigenvalue weighted by Gasteiger charge is 2.33. The van der Waals surface area contributed by atoms with E-state index in [4.69, 9.17) is 4.74 Å². The lowest BCUT2D eigenvalue weighted by atomic mass is 10.1. The molecule has 2 saturated heterocycles. The zero-order valence-electron chi connectivity index (χ0n) is 10.7. The zero-order chi connectivity index (χ0) is 12.4. The molecule has 3 heteroatoms. The van der Waals surface area contributed by atoms with Crippen molar-refractivity contribution in [3.8, 4) is 0 Å². The van der Waals surface area contributed by atoms with E-state index in [1.165, 1.54) is 12.8 Å². The van der Waals surface area contributed by atoms with Gasteiger partial charge in [0.25, 0.3) is 0 Å². The van der Waals surface area contributed by atoms with Crippen LogP contribution in [0.15, 0.2) is 30.3 Å². The summed E-state index contributed by atoms with van der Waals surface area (Å²) >= 11 is 0. The topological polar surface area (TPSA) is 32.7 Å². The minimum atomic E-state index is -0.341. The third-order valence-electron chi connectivity index (χ3n) is 4.02. The highest BCUT2D eigenvalue weighted by atomic mass is 16.5. The number of hydrogen-bond acceptors (Lipinski definition) is 3. The molecule has 3 nitrogen and oxygen atoms in total. The average Bonchev–Trinajstić information content (AvgIpc) is 2.76. The Kier molecular flexibility index (Phi) is 3.64. The van der Waals surface area contributed by atoms with Crippen LogP contribution < -0.4 is 0 Å². The molecule has 1 aromatic carbocycles. The summed E-state index contributed by atoms with van der Waals surface area (Å²) in [5.74, 6) is 0. The van der Waals surface area contributed by atoms with Crippen LogP contribution in [0.25, 0.3) is 0 Å². The third-order valence-corrected chi connectivity index (χ3v) is 4.02. The molecule has 1 N–H and O–H groups in total. The highest BCUT2D eigenvalue weighted by Crippen LogP contribution is 2.27. The molecular weight excluding hydrogens is 226 g/mol. The largest absolute Gasteiger partial charge is 0.388 e. The SMILES string of the molecule is O[C@H](CCN1CC2CCC(C1)O2)c1ccccc1. The summed E-state index contributed by atoms with van der Waals surface area (Å²) in [5, 5.41) is 10.1. The summed E-state index contributed by atoms with van der Waals surface area (Å²) in [6.07, 6.45) is 3.77. The molecule has 2 fully saturated rings. The van der Waals surface area contributed by atoms with Crippen molar-refractivity contribution in [3.05, 3.63) is 35.9 Å². The van der Waals surface area contributed by atoms with Crippen LogP contribution in [0.1, 0.15) is 30.9 Å². The number of nitrogens with zero attached hydrogens (tertiary/aromatic N) is 1. The van der Waals surface area contributed by atoms with Gasteiger partial charge in [0.05, 0.1) is 18.3 Å². The van der Waals surface area contributed by atoms with E-state index in [1.54, 1.807) is 0 Å². The quantitative estimate of drug-likeness (QED) is 0.883. The van der Waals surface area contributed by atoms with E-state index < -0.39 is 0 Å². The number of rotatable bonds is 4. The van der Waals surface area contributed by atoms with Crippen LogP contribution in [-0.2, 0) is 4.74 Å². The maximum atomic E-state index is 10.1. The number of hydrogen-bond donors (Lipinski definition) is 1. The van der Waals surface area contributed by atoms with Gasteiger partial charge in [-0.1, -0.05) is 30.3 Å². The first-order chi connectivity index (χ1) is 8.81. The van der Waals surface area contributed by atoms with Gasteiger partial charge in [-0.15, -0.1) is 0 Å². The Bertz CT molecular complexity index is 369. The second-order valence-electron chi connectivity index (χ2n) is 5.43. The molecule has 18 heavy (non-hydrogen) atoms. The number of aliphatic hydroxyl groups is 1. The van der Waals surface area contributed by atoms with E-state index in [2.05, 4.69) is 4.90 Å². The Morgan fingerprint density at radius 1 is 1.17 bits per heavy atom. The van der Waals surface area contributed by atoms with Gasteiger partial charge >= 0.3 is 0 Å². The van der Waals surface area contributed by atoms with E-state index in [1.807, 2.05) is 30.3 Å². The van der Waals surface area contributed by atoms with Gasteiger partial charge in [0, 0.05) is 19.6 Å². The Labute approximate surface area is 108 Å². The predicted octanol–water partition coefficient (Wildman–Crippen LogP) is 1.97. The van der Waals surface area contributed by atoms with Gasteiger partial charge in [-0.25, -0.2) is 0 Å². The number of aliphatic hydroxyl groups excluding tert-OH is 1. The molecule has 1 aromatic rings. The molecule has 0 aliphatic carbocycles. The molecular formula is C15H21NO2. The summed E-state index contributed by atoms with van der Waals surface area (Å²) in [6, 6.07) is 9.93. The van der Waals surface area contributed by atoms with E-state index in [0.29, 0.717) is 12.2 Å². The third kappa shape index (κ3) is 2.74. The van der Waals surface area contributed by atoms with E-state index in [9.17, 15) is 5.11 Å². The molecule has 0 radical (unpaired) electrons. The lowest BCUT2D eigenvalue weighted by Gasteiger charge is -2.32. The molecule has 3 rings (SSSR count). The van der Waals surface area contributed by atoms with Crippen molar-refractivity contribution >= 4 is 0 Å². The van der Waals surface area contributed by atoms with E-state index in [-0.39, 0.29) is 6.10 Å².